The van der Waals surface area contributed by atoms with Gasteiger partial charge in [0.05, 0.1) is 14.2 Å². The van der Waals surface area contributed by atoms with E-state index in [1.54, 1.807) is 25.3 Å². The SMILES string of the molecule is COc1ccc(OC=N)c(OC)c1. The first-order chi connectivity index (χ1) is 6.31. The Morgan fingerprint density at radius 2 is 1.92 bits per heavy atom. The van der Waals surface area contributed by atoms with Crippen LogP contribution < -0.4 is 14.2 Å². The summed E-state index contributed by atoms with van der Waals surface area (Å²) >= 11 is 0. The van der Waals surface area contributed by atoms with Gasteiger partial charge in [0.2, 0.25) is 0 Å². The highest BCUT2D eigenvalue weighted by molar-refractivity contribution is 5.54. The van der Waals surface area contributed by atoms with Gasteiger partial charge in [-0.2, -0.15) is 0 Å². The van der Waals surface area contributed by atoms with E-state index in [4.69, 9.17) is 19.6 Å². The second kappa shape index (κ2) is 4.35. The van der Waals surface area contributed by atoms with E-state index < -0.39 is 0 Å². The van der Waals surface area contributed by atoms with Crippen LogP contribution in [0.25, 0.3) is 0 Å². The molecular formula is C9H11NO3. The molecule has 4 heteroatoms. The molecule has 0 aliphatic heterocycles. The topological polar surface area (TPSA) is 51.5 Å². The molecule has 0 radical (unpaired) electrons. The maximum Gasteiger partial charge on any atom is 0.174 e. The highest BCUT2D eigenvalue weighted by Gasteiger charge is 2.04. The quantitative estimate of drug-likeness (QED) is 0.568. The summed E-state index contributed by atoms with van der Waals surface area (Å²) in [5.41, 5.74) is 0. The third-order valence-corrected chi connectivity index (χ3v) is 1.56. The molecule has 4 nitrogen and oxygen atoms in total. The summed E-state index contributed by atoms with van der Waals surface area (Å²) in [6.45, 7) is 0. The summed E-state index contributed by atoms with van der Waals surface area (Å²) in [5, 5.41) is 6.78. The summed E-state index contributed by atoms with van der Waals surface area (Å²) in [4.78, 5) is 0. The molecule has 0 amide bonds. The van der Waals surface area contributed by atoms with E-state index in [2.05, 4.69) is 0 Å². The number of hydrogen-bond acceptors (Lipinski definition) is 4. The molecule has 0 heterocycles. The van der Waals surface area contributed by atoms with Gasteiger partial charge in [0, 0.05) is 6.07 Å². The Morgan fingerprint density at radius 1 is 1.15 bits per heavy atom. The molecule has 1 aromatic rings. The molecular weight excluding hydrogens is 170 g/mol. The van der Waals surface area contributed by atoms with E-state index in [0.717, 1.165) is 6.40 Å². The number of benzene rings is 1. The van der Waals surface area contributed by atoms with Gasteiger partial charge in [0.1, 0.15) is 5.75 Å². The van der Waals surface area contributed by atoms with Crippen molar-refractivity contribution in [2.75, 3.05) is 14.2 Å². The summed E-state index contributed by atoms with van der Waals surface area (Å²) in [6, 6.07) is 5.11. The van der Waals surface area contributed by atoms with Crippen LogP contribution in [-0.2, 0) is 0 Å². The highest BCUT2D eigenvalue weighted by atomic mass is 16.5. The van der Waals surface area contributed by atoms with Crippen molar-refractivity contribution in [1.82, 2.24) is 0 Å². The van der Waals surface area contributed by atoms with Crippen LogP contribution in [0.4, 0.5) is 0 Å². The van der Waals surface area contributed by atoms with E-state index in [9.17, 15) is 0 Å². The van der Waals surface area contributed by atoms with Gasteiger partial charge in [-0.05, 0) is 12.1 Å². The van der Waals surface area contributed by atoms with Gasteiger partial charge < -0.3 is 14.2 Å². The zero-order valence-corrected chi connectivity index (χ0v) is 7.53. The molecule has 0 atom stereocenters. The highest BCUT2D eigenvalue weighted by Crippen LogP contribution is 2.30. The van der Waals surface area contributed by atoms with Gasteiger partial charge in [-0.1, -0.05) is 0 Å². The molecule has 0 saturated carbocycles. The van der Waals surface area contributed by atoms with Gasteiger partial charge >= 0.3 is 0 Å². The molecule has 0 aromatic heterocycles. The first-order valence-electron chi connectivity index (χ1n) is 3.69. The number of rotatable bonds is 4. The van der Waals surface area contributed by atoms with Crippen LogP contribution in [0.1, 0.15) is 0 Å². The maximum atomic E-state index is 6.78. The number of ether oxygens (including phenoxy) is 3. The molecule has 0 spiro atoms. The number of methoxy groups -OCH3 is 2. The fraction of sp³-hybridized carbons (Fsp3) is 0.222. The average Bonchev–Trinajstić information content (AvgIpc) is 2.19. The molecule has 0 aliphatic rings. The van der Waals surface area contributed by atoms with Crippen molar-refractivity contribution in [2.24, 2.45) is 0 Å². The Morgan fingerprint density at radius 3 is 2.46 bits per heavy atom. The van der Waals surface area contributed by atoms with E-state index in [-0.39, 0.29) is 0 Å². The van der Waals surface area contributed by atoms with Crippen molar-refractivity contribution in [2.45, 2.75) is 0 Å². The lowest BCUT2D eigenvalue weighted by Crippen LogP contribution is -1.93. The Bertz CT molecular complexity index is 299. The van der Waals surface area contributed by atoms with Crippen LogP contribution in [0.15, 0.2) is 18.2 Å². The normalized spacial score (nSPS) is 9.08. The van der Waals surface area contributed by atoms with Crippen molar-refractivity contribution in [3.05, 3.63) is 18.2 Å². The van der Waals surface area contributed by atoms with Crippen molar-refractivity contribution < 1.29 is 14.2 Å². The zero-order chi connectivity index (χ0) is 9.68. The largest absolute Gasteiger partial charge is 0.497 e. The Labute approximate surface area is 76.6 Å². The second-order valence-electron chi connectivity index (χ2n) is 2.25. The summed E-state index contributed by atoms with van der Waals surface area (Å²) in [7, 11) is 3.11. The smallest absolute Gasteiger partial charge is 0.174 e. The van der Waals surface area contributed by atoms with Crippen molar-refractivity contribution in [3.8, 4) is 17.2 Å². The van der Waals surface area contributed by atoms with E-state index in [1.807, 2.05) is 0 Å². The van der Waals surface area contributed by atoms with Gasteiger partial charge in [-0.15, -0.1) is 0 Å². The zero-order valence-electron chi connectivity index (χ0n) is 7.53. The Balaban J connectivity index is 3.00. The number of nitrogens with one attached hydrogen (secondary N) is 1. The molecule has 0 fully saturated rings. The lowest BCUT2D eigenvalue weighted by Gasteiger charge is -2.07. The molecule has 0 unspecified atom stereocenters. The fourth-order valence-electron chi connectivity index (χ4n) is 0.936. The van der Waals surface area contributed by atoms with Crippen LogP contribution in [0.5, 0.6) is 17.2 Å². The fourth-order valence-corrected chi connectivity index (χ4v) is 0.936. The van der Waals surface area contributed by atoms with Gasteiger partial charge in [0.25, 0.3) is 0 Å². The third kappa shape index (κ3) is 2.11. The third-order valence-electron chi connectivity index (χ3n) is 1.56. The van der Waals surface area contributed by atoms with Crippen LogP contribution >= 0.6 is 0 Å². The standard InChI is InChI=1S/C9H11NO3/c1-11-7-3-4-8(13-6-10)9(5-7)12-2/h3-6,10H,1-2H3. The van der Waals surface area contributed by atoms with E-state index in [1.165, 1.54) is 7.11 Å². The minimum atomic E-state index is 0.498. The van der Waals surface area contributed by atoms with Crippen LogP contribution in [0, 0.1) is 5.41 Å². The van der Waals surface area contributed by atoms with E-state index >= 15 is 0 Å². The molecule has 0 saturated heterocycles. The first kappa shape index (κ1) is 9.38. The lowest BCUT2D eigenvalue weighted by atomic mass is 10.3. The molecule has 1 rings (SSSR count). The molecule has 1 N–H and O–H groups in total. The summed E-state index contributed by atoms with van der Waals surface area (Å²) in [6.07, 6.45) is 0.852. The Hall–Kier alpha value is -1.71. The summed E-state index contributed by atoms with van der Waals surface area (Å²) in [5.74, 6) is 1.73. The predicted octanol–water partition coefficient (Wildman–Crippen LogP) is 1.69. The second-order valence-corrected chi connectivity index (χ2v) is 2.25. The molecule has 1 aromatic carbocycles. The monoisotopic (exact) mass is 181 g/mol. The Kier molecular flexibility index (Phi) is 3.14. The minimum Gasteiger partial charge on any atom is -0.497 e. The van der Waals surface area contributed by atoms with Crippen LogP contribution in [-0.4, -0.2) is 20.6 Å². The van der Waals surface area contributed by atoms with Crippen LogP contribution in [0.2, 0.25) is 0 Å². The van der Waals surface area contributed by atoms with Crippen molar-refractivity contribution in [1.29, 1.82) is 5.41 Å². The van der Waals surface area contributed by atoms with Crippen LogP contribution in [0.3, 0.4) is 0 Å². The summed E-state index contributed by atoms with van der Waals surface area (Å²) < 4.78 is 14.9. The van der Waals surface area contributed by atoms with E-state index in [0.29, 0.717) is 17.2 Å². The van der Waals surface area contributed by atoms with Crippen molar-refractivity contribution >= 4 is 6.40 Å². The first-order valence-corrected chi connectivity index (χ1v) is 3.69. The molecule has 70 valence electrons. The van der Waals surface area contributed by atoms with Gasteiger partial charge in [-0.25, -0.2) is 0 Å². The lowest BCUT2D eigenvalue weighted by molar-refractivity contribution is 0.379. The average molecular weight is 181 g/mol. The van der Waals surface area contributed by atoms with Crippen molar-refractivity contribution in [3.63, 3.8) is 0 Å². The maximum absolute atomic E-state index is 6.78. The number of hydrogen-bond donors (Lipinski definition) is 1. The molecule has 13 heavy (non-hydrogen) atoms. The molecule has 0 bridgehead atoms. The predicted molar refractivity (Wildman–Crippen MR) is 49.0 cm³/mol. The van der Waals surface area contributed by atoms with Gasteiger partial charge in [0.15, 0.2) is 17.9 Å². The minimum absolute atomic E-state index is 0.498. The van der Waals surface area contributed by atoms with Gasteiger partial charge in [-0.3, -0.25) is 5.41 Å². The molecule has 0 aliphatic carbocycles.